The average Bonchev–Trinajstić information content (AvgIpc) is 2.97. The van der Waals surface area contributed by atoms with Gasteiger partial charge >= 0.3 is 0 Å². The van der Waals surface area contributed by atoms with E-state index < -0.39 is 0 Å². The lowest BCUT2D eigenvalue weighted by atomic mass is 10.0. The lowest BCUT2D eigenvalue weighted by Crippen LogP contribution is -2.45. The zero-order valence-electron chi connectivity index (χ0n) is 15.1. The normalized spacial score (nSPS) is 17.7. The van der Waals surface area contributed by atoms with E-state index in [4.69, 9.17) is 4.74 Å². The molecule has 0 radical (unpaired) electrons. The number of aryl methyl sites for hydroxylation is 3. The summed E-state index contributed by atoms with van der Waals surface area (Å²) < 4.78 is 5.86. The number of hydrogen-bond acceptors (Lipinski definition) is 3. The first-order valence-corrected chi connectivity index (χ1v) is 9.07. The first kappa shape index (κ1) is 17.7. The third-order valence-electron chi connectivity index (χ3n) is 4.96. The average molecular weight is 341 g/mol. The highest BCUT2D eigenvalue weighted by Crippen LogP contribution is 2.16. The minimum atomic E-state index is 0.135. The third kappa shape index (κ3) is 4.69. The molecule has 1 fully saturated rings. The first-order valence-electron chi connectivity index (χ1n) is 9.07. The lowest BCUT2D eigenvalue weighted by molar-refractivity contribution is -0.138. The van der Waals surface area contributed by atoms with Gasteiger partial charge in [-0.15, -0.1) is 0 Å². The fourth-order valence-electron chi connectivity index (χ4n) is 3.43. The Balaban J connectivity index is 1.48. The number of rotatable bonds is 6. The molecule has 1 aromatic carbocycles. The molecular weight excluding hydrogens is 314 g/mol. The van der Waals surface area contributed by atoms with Gasteiger partial charge in [-0.3, -0.25) is 9.89 Å². The first-order chi connectivity index (χ1) is 12.1. The van der Waals surface area contributed by atoms with Crippen LogP contribution in [-0.4, -0.2) is 46.8 Å². The Hall–Kier alpha value is -2.14. The van der Waals surface area contributed by atoms with Crippen LogP contribution in [0.5, 0.6) is 0 Å². The van der Waals surface area contributed by atoms with E-state index in [0.29, 0.717) is 26.1 Å². The molecule has 0 spiro atoms. The Bertz CT molecular complexity index is 677. The molecule has 0 unspecified atom stereocenters. The summed E-state index contributed by atoms with van der Waals surface area (Å²) in [5.74, 6) is 0.216. The molecule has 1 N–H and O–H groups in total. The molecule has 0 bridgehead atoms. The lowest BCUT2D eigenvalue weighted by Gasteiger charge is -2.33. The van der Waals surface area contributed by atoms with Crippen molar-refractivity contribution in [2.24, 2.45) is 0 Å². The van der Waals surface area contributed by atoms with Gasteiger partial charge in [-0.2, -0.15) is 5.10 Å². The van der Waals surface area contributed by atoms with Gasteiger partial charge in [-0.1, -0.05) is 30.3 Å². The number of aromatic amines is 1. The van der Waals surface area contributed by atoms with E-state index in [1.807, 2.05) is 24.8 Å². The number of nitrogens with zero attached hydrogens (tertiary/aromatic N) is 2. The minimum Gasteiger partial charge on any atom is -0.375 e. The van der Waals surface area contributed by atoms with Gasteiger partial charge in [0.05, 0.1) is 18.4 Å². The van der Waals surface area contributed by atoms with E-state index >= 15 is 0 Å². The summed E-state index contributed by atoms with van der Waals surface area (Å²) in [6, 6.07) is 10.4. The molecule has 1 aliphatic rings. The van der Waals surface area contributed by atoms with Gasteiger partial charge in [-0.25, -0.2) is 0 Å². The van der Waals surface area contributed by atoms with Gasteiger partial charge in [0.15, 0.2) is 0 Å². The molecule has 2 aromatic rings. The number of ether oxygens (including phenoxy) is 1. The van der Waals surface area contributed by atoms with Gasteiger partial charge in [0.1, 0.15) is 0 Å². The van der Waals surface area contributed by atoms with Crippen molar-refractivity contribution in [3.8, 4) is 0 Å². The highest BCUT2D eigenvalue weighted by molar-refractivity contribution is 5.76. The monoisotopic (exact) mass is 341 g/mol. The molecule has 1 aromatic heterocycles. The number of hydrogen-bond donors (Lipinski definition) is 1. The maximum absolute atomic E-state index is 12.6. The SMILES string of the molecule is Cc1n[nH]c(C)c1CCC(=O)N1CCO[C@H](CCc2ccccc2)C1. The van der Waals surface area contributed by atoms with Crippen LogP contribution in [0.1, 0.15) is 35.4 Å². The second-order valence-corrected chi connectivity index (χ2v) is 6.77. The summed E-state index contributed by atoms with van der Waals surface area (Å²) >= 11 is 0. The fraction of sp³-hybridized carbons (Fsp3) is 0.500. The molecule has 1 aliphatic heterocycles. The number of nitrogens with one attached hydrogen (secondary N) is 1. The van der Waals surface area contributed by atoms with Crippen molar-refractivity contribution in [3.63, 3.8) is 0 Å². The largest absolute Gasteiger partial charge is 0.375 e. The number of H-pyrrole nitrogens is 1. The standard InChI is InChI=1S/C20H27N3O2/c1-15-19(16(2)22-21-15)10-11-20(24)23-12-13-25-18(14-23)9-8-17-6-4-3-5-7-17/h3-7,18H,8-14H2,1-2H3,(H,21,22)/t18-/m1/s1. The predicted octanol–water partition coefficient (Wildman–Crippen LogP) is 2.82. The van der Waals surface area contributed by atoms with Gasteiger partial charge < -0.3 is 9.64 Å². The van der Waals surface area contributed by atoms with Crippen LogP contribution in [0.25, 0.3) is 0 Å². The molecule has 1 atom stereocenters. The molecule has 1 saturated heterocycles. The molecule has 1 amide bonds. The van der Waals surface area contributed by atoms with Gasteiger partial charge in [0, 0.05) is 25.2 Å². The molecule has 0 saturated carbocycles. The molecular formula is C20H27N3O2. The van der Waals surface area contributed by atoms with Crippen molar-refractivity contribution in [2.75, 3.05) is 19.7 Å². The summed E-state index contributed by atoms with van der Waals surface area (Å²) in [5, 5.41) is 7.19. The predicted molar refractivity (Wildman–Crippen MR) is 97.5 cm³/mol. The van der Waals surface area contributed by atoms with Crippen molar-refractivity contribution in [2.45, 2.75) is 45.6 Å². The van der Waals surface area contributed by atoms with Gasteiger partial charge in [0.25, 0.3) is 0 Å². The highest BCUT2D eigenvalue weighted by atomic mass is 16.5. The van der Waals surface area contributed by atoms with E-state index in [2.05, 4.69) is 34.5 Å². The zero-order chi connectivity index (χ0) is 17.6. The molecule has 5 heteroatoms. The van der Waals surface area contributed by atoms with Crippen molar-refractivity contribution in [1.82, 2.24) is 15.1 Å². The maximum atomic E-state index is 12.6. The number of aromatic nitrogens is 2. The molecule has 134 valence electrons. The van der Waals surface area contributed by atoms with Crippen molar-refractivity contribution < 1.29 is 9.53 Å². The van der Waals surface area contributed by atoms with Crippen molar-refractivity contribution >= 4 is 5.91 Å². The Morgan fingerprint density at radius 2 is 2.08 bits per heavy atom. The van der Waals surface area contributed by atoms with Gasteiger partial charge in [0.2, 0.25) is 5.91 Å². The van der Waals surface area contributed by atoms with E-state index in [-0.39, 0.29) is 12.0 Å². The van der Waals surface area contributed by atoms with Crippen LogP contribution in [0.15, 0.2) is 30.3 Å². The Kier molecular flexibility index (Phi) is 5.87. The number of carbonyl (C=O) groups is 1. The fourth-order valence-corrected chi connectivity index (χ4v) is 3.43. The van der Waals surface area contributed by atoms with Gasteiger partial charge in [-0.05, 0) is 44.2 Å². The number of carbonyl (C=O) groups excluding carboxylic acids is 1. The summed E-state index contributed by atoms with van der Waals surface area (Å²) in [6.07, 6.45) is 3.36. The van der Waals surface area contributed by atoms with Crippen molar-refractivity contribution in [1.29, 1.82) is 0 Å². The summed E-state index contributed by atoms with van der Waals surface area (Å²) in [6.45, 7) is 6.03. The smallest absolute Gasteiger partial charge is 0.223 e. The Labute approximate surface area is 149 Å². The van der Waals surface area contributed by atoms with Crippen LogP contribution in [0.2, 0.25) is 0 Å². The Morgan fingerprint density at radius 1 is 1.28 bits per heavy atom. The van der Waals surface area contributed by atoms with E-state index in [0.717, 1.165) is 30.7 Å². The summed E-state index contributed by atoms with van der Waals surface area (Å²) in [7, 11) is 0. The zero-order valence-corrected chi connectivity index (χ0v) is 15.1. The number of benzene rings is 1. The molecule has 2 heterocycles. The molecule has 3 rings (SSSR count). The number of morpholine rings is 1. The van der Waals surface area contributed by atoms with Crippen LogP contribution >= 0.6 is 0 Å². The second kappa shape index (κ2) is 8.30. The van der Waals surface area contributed by atoms with Crippen molar-refractivity contribution in [3.05, 3.63) is 52.8 Å². The molecule has 25 heavy (non-hydrogen) atoms. The van der Waals surface area contributed by atoms with Crippen LogP contribution in [0.4, 0.5) is 0 Å². The molecule has 5 nitrogen and oxygen atoms in total. The topological polar surface area (TPSA) is 58.2 Å². The van der Waals surface area contributed by atoms with E-state index in [1.165, 1.54) is 11.1 Å². The Morgan fingerprint density at radius 3 is 2.80 bits per heavy atom. The maximum Gasteiger partial charge on any atom is 0.223 e. The summed E-state index contributed by atoms with van der Waals surface area (Å²) in [5.41, 5.74) is 4.55. The minimum absolute atomic E-state index is 0.135. The molecule has 0 aliphatic carbocycles. The third-order valence-corrected chi connectivity index (χ3v) is 4.96. The van der Waals surface area contributed by atoms with Crippen LogP contribution < -0.4 is 0 Å². The van der Waals surface area contributed by atoms with Crippen LogP contribution in [-0.2, 0) is 22.4 Å². The van der Waals surface area contributed by atoms with E-state index in [9.17, 15) is 4.79 Å². The summed E-state index contributed by atoms with van der Waals surface area (Å²) in [4.78, 5) is 14.5. The van der Waals surface area contributed by atoms with E-state index in [1.54, 1.807) is 0 Å². The van der Waals surface area contributed by atoms with Crippen LogP contribution in [0, 0.1) is 13.8 Å². The second-order valence-electron chi connectivity index (χ2n) is 6.77. The number of amides is 1. The quantitative estimate of drug-likeness (QED) is 0.879. The van der Waals surface area contributed by atoms with Crippen LogP contribution in [0.3, 0.4) is 0 Å². The highest BCUT2D eigenvalue weighted by Gasteiger charge is 2.24.